The van der Waals surface area contributed by atoms with Gasteiger partial charge in [-0.2, -0.15) is 0 Å². The van der Waals surface area contributed by atoms with Crippen LogP contribution in [0.15, 0.2) is 12.1 Å². The predicted molar refractivity (Wildman–Crippen MR) is 67.0 cm³/mol. The third kappa shape index (κ3) is 3.27. The number of phenolic OH excluding ortho intramolecular Hbond substituents is 3. The number of ether oxygens (including phenoxy) is 1. The molecule has 0 atom stereocenters. The molecule has 0 saturated carbocycles. The molecule has 0 amide bonds. The van der Waals surface area contributed by atoms with Crippen molar-refractivity contribution in [1.82, 2.24) is 4.90 Å². The fraction of sp³-hybridized carbons (Fsp3) is 0.538. The number of morpholine rings is 1. The minimum absolute atomic E-state index is 0.267. The summed E-state index contributed by atoms with van der Waals surface area (Å²) < 4.78 is 5.27. The molecule has 1 aromatic carbocycles. The molecule has 0 spiro atoms. The van der Waals surface area contributed by atoms with Crippen LogP contribution in [0.4, 0.5) is 0 Å². The van der Waals surface area contributed by atoms with Gasteiger partial charge >= 0.3 is 0 Å². The largest absolute Gasteiger partial charge is 0.504 e. The van der Waals surface area contributed by atoms with Crippen LogP contribution < -0.4 is 0 Å². The van der Waals surface area contributed by atoms with Crippen LogP contribution in [0, 0.1) is 0 Å². The Hall–Kier alpha value is -1.46. The quantitative estimate of drug-likeness (QED) is 0.700. The molecule has 0 unspecified atom stereocenters. The Labute approximate surface area is 106 Å². The minimum atomic E-state index is -0.452. The van der Waals surface area contributed by atoms with Gasteiger partial charge < -0.3 is 20.1 Å². The zero-order valence-corrected chi connectivity index (χ0v) is 10.3. The summed E-state index contributed by atoms with van der Waals surface area (Å²) in [5.74, 6) is -0.986. The first-order valence-corrected chi connectivity index (χ1v) is 6.21. The number of hydrogen-bond donors (Lipinski definition) is 3. The molecule has 5 heteroatoms. The maximum Gasteiger partial charge on any atom is 0.200 e. The van der Waals surface area contributed by atoms with Crippen LogP contribution >= 0.6 is 0 Å². The molecule has 1 heterocycles. The van der Waals surface area contributed by atoms with Crippen molar-refractivity contribution >= 4 is 0 Å². The van der Waals surface area contributed by atoms with Crippen molar-refractivity contribution in [1.29, 1.82) is 0 Å². The van der Waals surface area contributed by atoms with E-state index in [1.807, 2.05) is 0 Å². The van der Waals surface area contributed by atoms with E-state index in [0.29, 0.717) is 0 Å². The molecule has 18 heavy (non-hydrogen) atoms. The van der Waals surface area contributed by atoms with Gasteiger partial charge in [-0.1, -0.05) is 0 Å². The first-order chi connectivity index (χ1) is 8.66. The number of nitrogens with zero attached hydrogens (tertiary/aromatic N) is 1. The van der Waals surface area contributed by atoms with Gasteiger partial charge in [-0.15, -0.1) is 0 Å². The van der Waals surface area contributed by atoms with Gasteiger partial charge in [0, 0.05) is 13.1 Å². The lowest BCUT2D eigenvalue weighted by atomic mass is 10.1. The minimum Gasteiger partial charge on any atom is -0.504 e. The topological polar surface area (TPSA) is 73.2 Å². The second-order valence-electron chi connectivity index (χ2n) is 4.54. The molecule has 1 saturated heterocycles. The van der Waals surface area contributed by atoms with Gasteiger partial charge in [0.05, 0.1) is 13.2 Å². The molecule has 100 valence electrons. The fourth-order valence-corrected chi connectivity index (χ4v) is 2.14. The molecular formula is C13H19NO4. The molecule has 3 N–H and O–H groups in total. The molecule has 1 fully saturated rings. The smallest absolute Gasteiger partial charge is 0.200 e. The Bertz CT molecular complexity index is 379. The summed E-state index contributed by atoms with van der Waals surface area (Å²) in [5, 5.41) is 28.0. The Kier molecular flexibility index (Phi) is 4.28. The van der Waals surface area contributed by atoms with Gasteiger partial charge in [-0.05, 0) is 37.1 Å². The molecule has 0 radical (unpaired) electrons. The zero-order valence-electron chi connectivity index (χ0n) is 10.3. The van der Waals surface area contributed by atoms with Crippen molar-refractivity contribution in [3.63, 3.8) is 0 Å². The van der Waals surface area contributed by atoms with Crippen molar-refractivity contribution in [3.8, 4) is 17.2 Å². The lowest BCUT2D eigenvalue weighted by molar-refractivity contribution is 0.0374. The highest BCUT2D eigenvalue weighted by Crippen LogP contribution is 2.35. The summed E-state index contributed by atoms with van der Waals surface area (Å²) in [6.45, 7) is 4.49. The second-order valence-corrected chi connectivity index (χ2v) is 4.54. The van der Waals surface area contributed by atoms with Crippen molar-refractivity contribution in [2.45, 2.75) is 12.8 Å². The number of aryl methyl sites for hydroxylation is 1. The normalized spacial score (nSPS) is 16.9. The third-order valence-electron chi connectivity index (χ3n) is 3.17. The lowest BCUT2D eigenvalue weighted by Gasteiger charge is -2.26. The highest BCUT2D eigenvalue weighted by molar-refractivity contribution is 5.51. The Morgan fingerprint density at radius 1 is 1.06 bits per heavy atom. The number of benzene rings is 1. The van der Waals surface area contributed by atoms with Crippen molar-refractivity contribution in [2.75, 3.05) is 32.8 Å². The third-order valence-corrected chi connectivity index (χ3v) is 3.17. The summed E-state index contributed by atoms with van der Waals surface area (Å²) in [4.78, 5) is 2.34. The summed E-state index contributed by atoms with van der Waals surface area (Å²) in [7, 11) is 0. The molecule has 0 aromatic heterocycles. The second kappa shape index (κ2) is 5.93. The number of hydrogen-bond acceptors (Lipinski definition) is 5. The summed E-state index contributed by atoms with van der Waals surface area (Å²) >= 11 is 0. The van der Waals surface area contributed by atoms with Crippen LogP contribution in [0.2, 0.25) is 0 Å². The van der Waals surface area contributed by atoms with Gasteiger partial charge in [0.15, 0.2) is 17.2 Å². The monoisotopic (exact) mass is 253 g/mol. The summed E-state index contributed by atoms with van der Waals surface area (Å²) in [6.07, 6.45) is 1.71. The Balaban J connectivity index is 1.82. The lowest BCUT2D eigenvalue weighted by Crippen LogP contribution is -2.36. The molecule has 1 aliphatic rings. The van der Waals surface area contributed by atoms with Crippen molar-refractivity contribution in [2.24, 2.45) is 0 Å². The van der Waals surface area contributed by atoms with E-state index < -0.39 is 5.75 Å². The standard InChI is InChI=1S/C13H19NO4/c15-11-8-10(9-12(16)13(11)17)2-1-3-14-4-6-18-7-5-14/h8-9,15-17H,1-7H2. The summed E-state index contributed by atoms with van der Waals surface area (Å²) in [5.41, 5.74) is 0.830. The predicted octanol–water partition coefficient (Wildman–Crippen LogP) is 1.07. The average Bonchev–Trinajstić information content (AvgIpc) is 2.37. The van der Waals surface area contributed by atoms with E-state index in [4.69, 9.17) is 4.74 Å². The Morgan fingerprint density at radius 2 is 1.67 bits per heavy atom. The van der Waals surface area contributed by atoms with E-state index in [9.17, 15) is 15.3 Å². The Morgan fingerprint density at radius 3 is 2.28 bits per heavy atom. The van der Waals surface area contributed by atoms with Crippen molar-refractivity contribution < 1.29 is 20.1 Å². The van der Waals surface area contributed by atoms with E-state index in [1.54, 1.807) is 0 Å². The number of aromatic hydroxyl groups is 3. The first-order valence-electron chi connectivity index (χ1n) is 6.21. The highest BCUT2D eigenvalue weighted by atomic mass is 16.5. The molecular weight excluding hydrogens is 234 g/mol. The van der Waals surface area contributed by atoms with Gasteiger partial charge in [0.25, 0.3) is 0 Å². The van der Waals surface area contributed by atoms with Crippen molar-refractivity contribution in [3.05, 3.63) is 17.7 Å². The molecule has 1 aliphatic heterocycles. The molecule has 0 bridgehead atoms. The zero-order chi connectivity index (χ0) is 13.0. The maximum atomic E-state index is 9.39. The molecule has 2 rings (SSSR count). The SMILES string of the molecule is Oc1cc(CCCN2CCOCC2)cc(O)c1O. The van der Waals surface area contributed by atoms with Gasteiger partial charge in [-0.25, -0.2) is 0 Å². The van der Waals surface area contributed by atoms with E-state index in [0.717, 1.165) is 51.3 Å². The molecule has 5 nitrogen and oxygen atoms in total. The summed E-state index contributed by atoms with van der Waals surface area (Å²) in [6, 6.07) is 2.99. The van der Waals surface area contributed by atoms with Crippen LogP contribution in [-0.2, 0) is 11.2 Å². The van der Waals surface area contributed by atoms with E-state index in [-0.39, 0.29) is 11.5 Å². The van der Waals surface area contributed by atoms with Gasteiger partial charge in [-0.3, -0.25) is 4.90 Å². The van der Waals surface area contributed by atoms with E-state index in [2.05, 4.69) is 4.90 Å². The maximum absolute atomic E-state index is 9.39. The van der Waals surface area contributed by atoms with Crippen LogP contribution in [-0.4, -0.2) is 53.1 Å². The number of rotatable bonds is 4. The van der Waals surface area contributed by atoms with Gasteiger partial charge in [0.2, 0.25) is 0 Å². The van der Waals surface area contributed by atoms with Crippen LogP contribution in [0.5, 0.6) is 17.2 Å². The number of phenols is 3. The van der Waals surface area contributed by atoms with Crippen LogP contribution in [0.25, 0.3) is 0 Å². The van der Waals surface area contributed by atoms with E-state index in [1.165, 1.54) is 12.1 Å². The van der Waals surface area contributed by atoms with Crippen LogP contribution in [0.1, 0.15) is 12.0 Å². The average molecular weight is 253 g/mol. The van der Waals surface area contributed by atoms with Gasteiger partial charge in [0.1, 0.15) is 0 Å². The van der Waals surface area contributed by atoms with Crippen LogP contribution in [0.3, 0.4) is 0 Å². The fourth-order valence-electron chi connectivity index (χ4n) is 2.14. The molecule has 1 aromatic rings. The molecule has 0 aliphatic carbocycles. The first kappa shape index (κ1) is 13.0. The van der Waals surface area contributed by atoms with E-state index >= 15 is 0 Å². The highest BCUT2D eigenvalue weighted by Gasteiger charge is 2.11.